The van der Waals surface area contributed by atoms with Gasteiger partial charge < -0.3 is 5.32 Å². The zero-order valence-electron chi connectivity index (χ0n) is 11.1. The summed E-state index contributed by atoms with van der Waals surface area (Å²) in [5, 5.41) is 2.20. The second-order valence-electron chi connectivity index (χ2n) is 4.61. The van der Waals surface area contributed by atoms with E-state index in [1.165, 1.54) is 14.0 Å². The Kier molecular flexibility index (Phi) is 6.59. The summed E-state index contributed by atoms with van der Waals surface area (Å²) in [5.41, 5.74) is 0. The van der Waals surface area contributed by atoms with E-state index in [9.17, 15) is 21.6 Å². The van der Waals surface area contributed by atoms with Crippen molar-refractivity contribution >= 4 is 10.0 Å². The fourth-order valence-electron chi connectivity index (χ4n) is 1.23. The molecule has 0 heterocycles. The van der Waals surface area contributed by atoms with E-state index in [2.05, 4.69) is 5.32 Å². The topological polar surface area (TPSA) is 49.4 Å². The van der Waals surface area contributed by atoms with Crippen LogP contribution in [0.4, 0.5) is 13.2 Å². The van der Waals surface area contributed by atoms with E-state index in [1.807, 2.05) is 13.8 Å². The van der Waals surface area contributed by atoms with Crippen LogP contribution in [-0.2, 0) is 10.0 Å². The zero-order valence-corrected chi connectivity index (χ0v) is 11.9. The minimum Gasteiger partial charge on any atom is -0.313 e. The van der Waals surface area contributed by atoms with Crippen molar-refractivity contribution in [1.29, 1.82) is 0 Å². The van der Waals surface area contributed by atoms with Crippen molar-refractivity contribution in [3.63, 3.8) is 0 Å². The molecule has 4 nitrogen and oxygen atoms in total. The van der Waals surface area contributed by atoms with Gasteiger partial charge in [0, 0.05) is 26.2 Å². The number of halogens is 3. The third-order valence-corrected chi connectivity index (χ3v) is 4.70. The Morgan fingerprint density at radius 2 is 1.72 bits per heavy atom. The maximum atomic E-state index is 12.0. The van der Waals surface area contributed by atoms with Crippen molar-refractivity contribution in [2.24, 2.45) is 0 Å². The smallest absolute Gasteiger partial charge is 0.313 e. The van der Waals surface area contributed by atoms with E-state index >= 15 is 0 Å². The summed E-state index contributed by atoms with van der Waals surface area (Å²) in [6, 6.07) is 0.128. The van der Waals surface area contributed by atoms with Crippen molar-refractivity contribution in [2.45, 2.75) is 44.7 Å². The van der Waals surface area contributed by atoms with Crippen LogP contribution in [0.3, 0.4) is 0 Å². The van der Waals surface area contributed by atoms with Crippen LogP contribution in [-0.4, -0.2) is 50.3 Å². The summed E-state index contributed by atoms with van der Waals surface area (Å²) < 4.78 is 60.6. The summed E-state index contributed by atoms with van der Waals surface area (Å²) in [5.74, 6) is 0. The van der Waals surface area contributed by atoms with Crippen molar-refractivity contribution in [3.05, 3.63) is 0 Å². The second kappa shape index (κ2) is 6.72. The molecule has 0 radical (unpaired) electrons. The lowest BCUT2D eigenvalue weighted by Crippen LogP contribution is -2.42. The molecule has 18 heavy (non-hydrogen) atoms. The minimum absolute atomic E-state index is 0.128. The number of nitrogens with zero attached hydrogens (tertiary/aromatic N) is 1. The largest absolute Gasteiger partial charge is 0.390 e. The van der Waals surface area contributed by atoms with Crippen LogP contribution >= 0.6 is 0 Å². The van der Waals surface area contributed by atoms with Gasteiger partial charge in [-0.25, -0.2) is 12.7 Å². The first-order valence-electron chi connectivity index (χ1n) is 5.72. The van der Waals surface area contributed by atoms with Crippen LogP contribution in [0, 0.1) is 0 Å². The van der Waals surface area contributed by atoms with Crippen LogP contribution in [0.1, 0.15) is 27.2 Å². The molecule has 0 amide bonds. The molecule has 0 bridgehead atoms. The normalized spacial score (nSPS) is 15.4. The molecule has 0 aromatic carbocycles. The van der Waals surface area contributed by atoms with Gasteiger partial charge in [-0.15, -0.1) is 0 Å². The first-order chi connectivity index (χ1) is 7.97. The Hall–Kier alpha value is -0.340. The summed E-state index contributed by atoms with van der Waals surface area (Å²) in [6.45, 7) is 4.89. The number of hydrogen-bond acceptors (Lipinski definition) is 3. The van der Waals surface area contributed by atoms with Crippen LogP contribution in [0.25, 0.3) is 0 Å². The van der Waals surface area contributed by atoms with Gasteiger partial charge in [0.25, 0.3) is 0 Å². The standard InChI is InChI=1S/C10H21F3N2O2S/c1-8(2)14-7-9(3)18(16,17)15(4)6-5-10(11,12)13/h8-9,14H,5-7H2,1-4H3. The molecule has 0 aliphatic carbocycles. The minimum atomic E-state index is -4.34. The molecule has 0 aliphatic heterocycles. The number of nitrogens with one attached hydrogen (secondary N) is 1. The lowest BCUT2D eigenvalue weighted by molar-refractivity contribution is -0.135. The molecule has 0 saturated carbocycles. The van der Waals surface area contributed by atoms with Gasteiger partial charge in [-0.1, -0.05) is 13.8 Å². The molecule has 0 aromatic heterocycles. The van der Waals surface area contributed by atoms with Gasteiger partial charge >= 0.3 is 6.18 Å². The summed E-state index contributed by atoms with van der Waals surface area (Å²) in [4.78, 5) is 0. The van der Waals surface area contributed by atoms with Crippen molar-refractivity contribution in [2.75, 3.05) is 20.1 Å². The van der Waals surface area contributed by atoms with Gasteiger partial charge in [-0.2, -0.15) is 13.2 Å². The van der Waals surface area contributed by atoms with Crippen molar-refractivity contribution in [1.82, 2.24) is 9.62 Å². The fraction of sp³-hybridized carbons (Fsp3) is 1.00. The van der Waals surface area contributed by atoms with Gasteiger partial charge in [-0.3, -0.25) is 0 Å². The van der Waals surface area contributed by atoms with Crippen molar-refractivity contribution < 1.29 is 21.6 Å². The monoisotopic (exact) mass is 290 g/mol. The van der Waals surface area contributed by atoms with E-state index in [-0.39, 0.29) is 12.6 Å². The molecule has 0 saturated heterocycles. The van der Waals surface area contributed by atoms with Gasteiger partial charge in [0.15, 0.2) is 0 Å². The molecular formula is C10H21F3N2O2S. The summed E-state index contributed by atoms with van der Waals surface area (Å²) >= 11 is 0. The van der Waals surface area contributed by atoms with E-state index in [0.717, 1.165) is 4.31 Å². The Morgan fingerprint density at radius 3 is 2.11 bits per heavy atom. The highest BCUT2D eigenvalue weighted by atomic mass is 32.2. The van der Waals surface area contributed by atoms with E-state index in [4.69, 9.17) is 0 Å². The van der Waals surface area contributed by atoms with Gasteiger partial charge in [0.1, 0.15) is 0 Å². The highest BCUT2D eigenvalue weighted by Gasteiger charge is 2.31. The maximum absolute atomic E-state index is 12.0. The number of hydrogen-bond donors (Lipinski definition) is 1. The van der Waals surface area contributed by atoms with Crippen LogP contribution in [0.2, 0.25) is 0 Å². The quantitative estimate of drug-likeness (QED) is 0.774. The first-order valence-corrected chi connectivity index (χ1v) is 7.22. The molecule has 110 valence electrons. The molecule has 1 N–H and O–H groups in total. The first kappa shape index (κ1) is 17.7. The maximum Gasteiger partial charge on any atom is 0.390 e. The van der Waals surface area contributed by atoms with Crippen LogP contribution in [0.5, 0.6) is 0 Å². The molecule has 1 unspecified atom stereocenters. The van der Waals surface area contributed by atoms with Crippen LogP contribution < -0.4 is 5.32 Å². The number of alkyl halides is 3. The molecule has 1 atom stereocenters. The van der Waals surface area contributed by atoms with Crippen molar-refractivity contribution in [3.8, 4) is 0 Å². The molecule has 0 rings (SSSR count). The molecular weight excluding hydrogens is 269 g/mol. The molecule has 0 aromatic rings. The predicted molar refractivity (Wildman–Crippen MR) is 64.8 cm³/mol. The fourth-order valence-corrected chi connectivity index (χ4v) is 2.49. The molecule has 8 heteroatoms. The molecule has 0 spiro atoms. The molecule has 0 fully saturated rings. The average Bonchev–Trinajstić information content (AvgIpc) is 2.20. The van der Waals surface area contributed by atoms with Crippen LogP contribution in [0.15, 0.2) is 0 Å². The Bertz CT molecular complexity index is 342. The lowest BCUT2D eigenvalue weighted by Gasteiger charge is -2.23. The van der Waals surface area contributed by atoms with E-state index in [1.54, 1.807) is 0 Å². The van der Waals surface area contributed by atoms with E-state index in [0.29, 0.717) is 0 Å². The SMILES string of the molecule is CC(C)NCC(C)S(=O)(=O)N(C)CCC(F)(F)F. The van der Waals surface area contributed by atoms with Gasteiger partial charge in [0.2, 0.25) is 10.0 Å². The predicted octanol–water partition coefficient (Wildman–Crippen LogP) is 1.59. The Morgan fingerprint density at radius 1 is 1.22 bits per heavy atom. The summed E-state index contributed by atoms with van der Waals surface area (Å²) in [6.07, 6.45) is -5.48. The highest BCUT2D eigenvalue weighted by molar-refractivity contribution is 7.89. The Labute approximate surface area is 107 Å². The van der Waals surface area contributed by atoms with Gasteiger partial charge in [0.05, 0.1) is 11.7 Å². The molecule has 0 aliphatic rings. The third kappa shape index (κ3) is 6.55. The van der Waals surface area contributed by atoms with Gasteiger partial charge in [-0.05, 0) is 6.92 Å². The Balaban J connectivity index is 4.43. The zero-order chi connectivity index (χ0) is 14.6. The average molecular weight is 290 g/mol. The second-order valence-corrected chi connectivity index (χ2v) is 7.06. The number of sulfonamides is 1. The highest BCUT2D eigenvalue weighted by Crippen LogP contribution is 2.20. The van der Waals surface area contributed by atoms with E-state index < -0.39 is 34.4 Å². The lowest BCUT2D eigenvalue weighted by atomic mass is 10.3. The third-order valence-electron chi connectivity index (χ3n) is 2.47. The number of rotatable bonds is 7. The summed E-state index contributed by atoms with van der Waals surface area (Å²) in [7, 11) is -2.51.